The lowest BCUT2D eigenvalue weighted by Gasteiger charge is -2.21. The summed E-state index contributed by atoms with van der Waals surface area (Å²) in [7, 11) is 0. The van der Waals surface area contributed by atoms with Gasteiger partial charge in [0.15, 0.2) is 0 Å². The second-order valence-electron chi connectivity index (χ2n) is 3.70. The highest BCUT2D eigenvalue weighted by atomic mass is 16.1. The first-order valence-electron chi connectivity index (χ1n) is 5.18. The minimum atomic E-state index is 0.525. The van der Waals surface area contributed by atoms with E-state index in [1.807, 2.05) is 6.07 Å². The largest absolute Gasteiger partial charge is 0.364 e. The van der Waals surface area contributed by atoms with Crippen LogP contribution in [0.2, 0.25) is 0 Å². The van der Waals surface area contributed by atoms with Crippen LogP contribution in [-0.4, -0.2) is 19.4 Å². The van der Waals surface area contributed by atoms with Crippen molar-refractivity contribution in [2.75, 3.05) is 18.0 Å². The number of aryl methyl sites for hydroxylation is 1. The van der Waals surface area contributed by atoms with Crippen molar-refractivity contribution in [3.05, 3.63) is 29.8 Å². The van der Waals surface area contributed by atoms with Crippen molar-refractivity contribution < 1.29 is 4.79 Å². The van der Waals surface area contributed by atoms with E-state index in [9.17, 15) is 4.79 Å². The first-order valence-corrected chi connectivity index (χ1v) is 5.18. The fourth-order valence-electron chi connectivity index (χ4n) is 2.05. The number of carbonyl (C=O) groups is 1. The number of anilines is 1. The third-order valence-corrected chi connectivity index (χ3v) is 2.75. The highest BCUT2D eigenvalue weighted by molar-refractivity contribution is 5.63. The first kappa shape index (κ1) is 9.25. The number of benzene rings is 1. The third kappa shape index (κ3) is 1.79. The van der Waals surface area contributed by atoms with E-state index < -0.39 is 0 Å². The lowest BCUT2D eigenvalue weighted by molar-refractivity contribution is -0.106. The standard InChI is InChI=1S/C12H15NO/c14-10-9-13-8-4-3-6-11-5-1-2-7-12(11)13/h1-2,5,7,10H,3-4,6,8-9H2. The van der Waals surface area contributed by atoms with Gasteiger partial charge in [-0.3, -0.25) is 0 Å². The van der Waals surface area contributed by atoms with Crippen molar-refractivity contribution >= 4 is 12.0 Å². The minimum absolute atomic E-state index is 0.525. The molecule has 0 fully saturated rings. The Labute approximate surface area is 84.5 Å². The van der Waals surface area contributed by atoms with Gasteiger partial charge in [0.05, 0.1) is 6.54 Å². The van der Waals surface area contributed by atoms with E-state index in [2.05, 4.69) is 23.1 Å². The molecule has 0 bridgehead atoms. The number of aldehydes is 1. The zero-order valence-corrected chi connectivity index (χ0v) is 8.28. The van der Waals surface area contributed by atoms with Crippen LogP contribution in [0.3, 0.4) is 0 Å². The molecule has 1 aliphatic heterocycles. The summed E-state index contributed by atoms with van der Waals surface area (Å²) >= 11 is 0. The van der Waals surface area contributed by atoms with Crippen LogP contribution in [0.25, 0.3) is 0 Å². The summed E-state index contributed by atoms with van der Waals surface area (Å²) in [5.74, 6) is 0. The molecule has 0 amide bonds. The van der Waals surface area contributed by atoms with Crippen molar-refractivity contribution in [3.8, 4) is 0 Å². The Morgan fingerprint density at radius 2 is 2.14 bits per heavy atom. The SMILES string of the molecule is O=CCN1CCCCc2ccccc21. The zero-order valence-electron chi connectivity index (χ0n) is 8.28. The summed E-state index contributed by atoms with van der Waals surface area (Å²) < 4.78 is 0. The predicted octanol–water partition coefficient (Wildman–Crippen LogP) is 2.03. The molecule has 2 nitrogen and oxygen atoms in total. The molecular formula is C12H15NO. The highest BCUT2D eigenvalue weighted by Gasteiger charge is 2.13. The predicted molar refractivity (Wildman–Crippen MR) is 57.7 cm³/mol. The molecular weight excluding hydrogens is 174 g/mol. The van der Waals surface area contributed by atoms with Crippen molar-refractivity contribution in [1.29, 1.82) is 0 Å². The molecule has 14 heavy (non-hydrogen) atoms. The number of rotatable bonds is 2. The number of carbonyl (C=O) groups excluding carboxylic acids is 1. The molecule has 2 heteroatoms. The van der Waals surface area contributed by atoms with Gasteiger partial charge in [-0.15, -0.1) is 0 Å². The summed E-state index contributed by atoms with van der Waals surface area (Å²) in [5, 5.41) is 0. The van der Waals surface area contributed by atoms with E-state index in [0.29, 0.717) is 6.54 Å². The molecule has 1 heterocycles. The van der Waals surface area contributed by atoms with Crippen molar-refractivity contribution in [3.63, 3.8) is 0 Å². The second-order valence-corrected chi connectivity index (χ2v) is 3.70. The average molecular weight is 189 g/mol. The van der Waals surface area contributed by atoms with Gasteiger partial charge in [-0.1, -0.05) is 18.2 Å². The molecule has 0 N–H and O–H groups in total. The molecule has 0 saturated carbocycles. The van der Waals surface area contributed by atoms with Crippen molar-refractivity contribution in [1.82, 2.24) is 0 Å². The Hall–Kier alpha value is -1.31. The zero-order chi connectivity index (χ0) is 9.80. The van der Waals surface area contributed by atoms with E-state index in [1.165, 1.54) is 24.1 Å². The van der Waals surface area contributed by atoms with Gasteiger partial charge >= 0.3 is 0 Å². The number of hydrogen-bond donors (Lipinski definition) is 0. The molecule has 0 aromatic heterocycles. The molecule has 1 aromatic rings. The summed E-state index contributed by atoms with van der Waals surface area (Å²) in [6.45, 7) is 1.53. The maximum Gasteiger partial charge on any atom is 0.139 e. The minimum Gasteiger partial charge on any atom is -0.364 e. The molecule has 1 aliphatic rings. The van der Waals surface area contributed by atoms with E-state index in [4.69, 9.17) is 0 Å². The van der Waals surface area contributed by atoms with Crippen molar-refractivity contribution in [2.24, 2.45) is 0 Å². The molecule has 0 saturated heterocycles. The van der Waals surface area contributed by atoms with Gasteiger partial charge in [-0.2, -0.15) is 0 Å². The number of fused-ring (bicyclic) bond motifs is 1. The smallest absolute Gasteiger partial charge is 0.139 e. The highest BCUT2D eigenvalue weighted by Crippen LogP contribution is 2.25. The quantitative estimate of drug-likeness (QED) is 0.663. The molecule has 0 spiro atoms. The molecule has 74 valence electrons. The van der Waals surface area contributed by atoms with Crippen LogP contribution in [0.15, 0.2) is 24.3 Å². The molecule has 0 aliphatic carbocycles. The van der Waals surface area contributed by atoms with Crippen molar-refractivity contribution in [2.45, 2.75) is 19.3 Å². The van der Waals surface area contributed by atoms with Gasteiger partial charge in [0.2, 0.25) is 0 Å². The summed E-state index contributed by atoms with van der Waals surface area (Å²) in [6, 6.07) is 8.40. The lowest BCUT2D eigenvalue weighted by Crippen LogP contribution is -2.25. The van der Waals surface area contributed by atoms with Crippen LogP contribution in [0.5, 0.6) is 0 Å². The lowest BCUT2D eigenvalue weighted by atomic mass is 10.1. The summed E-state index contributed by atoms with van der Waals surface area (Å²) in [5.41, 5.74) is 2.63. The van der Waals surface area contributed by atoms with Gasteiger partial charge in [0.1, 0.15) is 6.29 Å². The van der Waals surface area contributed by atoms with Crippen LogP contribution < -0.4 is 4.90 Å². The topological polar surface area (TPSA) is 20.3 Å². The molecule has 0 atom stereocenters. The van der Waals surface area contributed by atoms with E-state index in [1.54, 1.807) is 0 Å². The third-order valence-electron chi connectivity index (χ3n) is 2.75. The van der Waals surface area contributed by atoms with Crippen LogP contribution >= 0.6 is 0 Å². The Balaban J connectivity index is 2.31. The Kier molecular flexibility index (Phi) is 2.82. The van der Waals surface area contributed by atoms with Gasteiger partial charge in [-0.25, -0.2) is 0 Å². The average Bonchev–Trinajstić information content (AvgIpc) is 2.42. The monoisotopic (exact) mass is 189 g/mol. The Bertz CT molecular complexity index is 322. The maximum absolute atomic E-state index is 10.6. The summed E-state index contributed by atoms with van der Waals surface area (Å²) in [4.78, 5) is 12.7. The second kappa shape index (κ2) is 4.27. The van der Waals surface area contributed by atoms with E-state index >= 15 is 0 Å². The fraction of sp³-hybridized carbons (Fsp3) is 0.417. The van der Waals surface area contributed by atoms with Crippen LogP contribution in [-0.2, 0) is 11.2 Å². The fourth-order valence-corrected chi connectivity index (χ4v) is 2.05. The van der Waals surface area contributed by atoms with Crippen LogP contribution in [0.4, 0.5) is 5.69 Å². The van der Waals surface area contributed by atoms with E-state index in [-0.39, 0.29) is 0 Å². The van der Waals surface area contributed by atoms with Gasteiger partial charge in [0, 0.05) is 12.2 Å². The normalized spacial score (nSPS) is 15.9. The van der Waals surface area contributed by atoms with Crippen LogP contribution in [0, 0.1) is 0 Å². The van der Waals surface area contributed by atoms with Gasteiger partial charge in [-0.05, 0) is 30.9 Å². The van der Waals surface area contributed by atoms with E-state index in [0.717, 1.165) is 19.3 Å². The number of para-hydroxylation sites is 1. The first-order chi connectivity index (χ1) is 6.92. The molecule has 0 radical (unpaired) electrons. The summed E-state index contributed by atoms with van der Waals surface area (Å²) in [6.07, 6.45) is 4.54. The molecule has 0 unspecified atom stereocenters. The number of nitrogens with zero attached hydrogens (tertiary/aromatic N) is 1. The molecule has 2 rings (SSSR count). The van der Waals surface area contributed by atoms with Crippen LogP contribution in [0.1, 0.15) is 18.4 Å². The van der Waals surface area contributed by atoms with Gasteiger partial charge < -0.3 is 9.69 Å². The maximum atomic E-state index is 10.6. The number of hydrogen-bond acceptors (Lipinski definition) is 2. The Morgan fingerprint density at radius 3 is 3.00 bits per heavy atom. The van der Waals surface area contributed by atoms with Gasteiger partial charge in [0.25, 0.3) is 0 Å². The Morgan fingerprint density at radius 1 is 1.29 bits per heavy atom. The molecule has 1 aromatic carbocycles.